The SMILES string of the molecule is c1ccc(-n2c3ccccc3c3ccc(-c4cccc5c4c4ccccc4n5-c4ccc(-c5ccc6oc7ccccc7c6c5)cc4)cc32)cc1. The Balaban J connectivity index is 1.08. The van der Waals surface area contributed by atoms with Crippen LogP contribution < -0.4 is 0 Å². The maximum Gasteiger partial charge on any atom is 0.135 e. The molecule has 0 saturated heterocycles. The maximum absolute atomic E-state index is 6.09. The molecule has 8 aromatic carbocycles. The van der Waals surface area contributed by atoms with Crippen molar-refractivity contribution < 1.29 is 4.42 Å². The minimum Gasteiger partial charge on any atom is -0.456 e. The standard InChI is InChI=1S/C48H30N2O/c1-2-11-34(12-3-1)50-42-17-7-4-13-37(42)38-27-23-33(30-45(38)50)36-16-10-19-44-48(36)40-15-5-8-18-43(40)49(44)35-25-21-31(22-26-35)32-24-28-47-41(29-32)39-14-6-9-20-46(39)51-47/h1-30H. The summed E-state index contributed by atoms with van der Waals surface area (Å²) in [6.45, 7) is 0. The average molecular weight is 651 g/mol. The van der Waals surface area contributed by atoms with Crippen LogP contribution in [0, 0.1) is 0 Å². The van der Waals surface area contributed by atoms with Crippen molar-refractivity contribution >= 4 is 65.6 Å². The van der Waals surface area contributed by atoms with E-state index in [9.17, 15) is 0 Å². The van der Waals surface area contributed by atoms with Gasteiger partial charge in [0.2, 0.25) is 0 Å². The van der Waals surface area contributed by atoms with Crippen LogP contribution in [0.15, 0.2) is 186 Å². The van der Waals surface area contributed by atoms with Crippen molar-refractivity contribution in [2.24, 2.45) is 0 Å². The summed E-state index contributed by atoms with van der Waals surface area (Å²) in [6, 6.07) is 65.6. The van der Waals surface area contributed by atoms with Crippen molar-refractivity contribution in [1.29, 1.82) is 0 Å². The van der Waals surface area contributed by atoms with Crippen LogP contribution in [0.4, 0.5) is 0 Å². The van der Waals surface area contributed by atoms with Crippen LogP contribution in [-0.4, -0.2) is 9.13 Å². The van der Waals surface area contributed by atoms with Gasteiger partial charge in [-0.15, -0.1) is 0 Å². The fraction of sp³-hybridized carbons (Fsp3) is 0. The summed E-state index contributed by atoms with van der Waals surface area (Å²) < 4.78 is 10.9. The zero-order chi connectivity index (χ0) is 33.5. The summed E-state index contributed by atoms with van der Waals surface area (Å²) >= 11 is 0. The first-order valence-corrected chi connectivity index (χ1v) is 17.4. The summed E-state index contributed by atoms with van der Waals surface area (Å²) in [6.07, 6.45) is 0. The first-order valence-electron chi connectivity index (χ1n) is 17.4. The summed E-state index contributed by atoms with van der Waals surface area (Å²) in [5.74, 6) is 0. The smallest absolute Gasteiger partial charge is 0.135 e. The summed E-state index contributed by atoms with van der Waals surface area (Å²) in [5, 5.41) is 7.31. The van der Waals surface area contributed by atoms with Crippen LogP contribution in [0.1, 0.15) is 0 Å². The topological polar surface area (TPSA) is 23.0 Å². The third-order valence-corrected chi connectivity index (χ3v) is 10.5. The van der Waals surface area contributed by atoms with E-state index in [-0.39, 0.29) is 0 Å². The highest BCUT2D eigenvalue weighted by molar-refractivity contribution is 6.17. The third kappa shape index (κ3) is 4.19. The normalized spacial score (nSPS) is 11.9. The van der Waals surface area contributed by atoms with Crippen LogP contribution in [0.25, 0.3) is 99.2 Å². The van der Waals surface area contributed by atoms with E-state index in [1.165, 1.54) is 65.9 Å². The lowest BCUT2D eigenvalue weighted by molar-refractivity contribution is 0.669. The number of nitrogens with zero attached hydrogens (tertiary/aromatic N) is 2. The molecule has 51 heavy (non-hydrogen) atoms. The number of aromatic nitrogens is 2. The molecule has 3 heteroatoms. The van der Waals surface area contributed by atoms with Crippen molar-refractivity contribution in [3.8, 4) is 33.6 Å². The lowest BCUT2D eigenvalue weighted by Gasteiger charge is -2.11. The van der Waals surface area contributed by atoms with Gasteiger partial charge in [0.1, 0.15) is 11.2 Å². The Morgan fingerprint density at radius 3 is 1.75 bits per heavy atom. The van der Waals surface area contributed by atoms with E-state index in [2.05, 4.69) is 179 Å². The molecule has 0 unspecified atom stereocenters. The highest BCUT2D eigenvalue weighted by Gasteiger charge is 2.18. The number of rotatable bonds is 4. The predicted molar refractivity (Wildman–Crippen MR) is 213 cm³/mol. The minimum atomic E-state index is 0.915. The fourth-order valence-corrected chi connectivity index (χ4v) is 8.24. The number of fused-ring (bicyclic) bond motifs is 9. The van der Waals surface area contributed by atoms with Crippen LogP contribution in [0.2, 0.25) is 0 Å². The Bertz CT molecular complexity index is 3120. The fourth-order valence-electron chi connectivity index (χ4n) is 8.24. The van der Waals surface area contributed by atoms with E-state index in [1.807, 2.05) is 12.1 Å². The second kappa shape index (κ2) is 10.8. The molecule has 238 valence electrons. The van der Waals surface area contributed by atoms with Gasteiger partial charge >= 0.3 is 0 Å². The molecule has 0 fully saturated rings. The van der Waals surface area contributed by atoms with Gasteiger partial charge < -0.3 is 13.6 Å². The second-order valence-electron chi connectivity index (χ2n) is 13.3. The van der Waals surface area contributed by atoms with Crippen LogP contribution in [0.5, 0.6) is 0 Å². The summed E-state index contributed by atoms with van der Waals surface area (Å²) in [4.78, 5) is 0. The first kappa shape index (κ1) is 28.0. The van der Waals surface area contributed by atoms with Crippen molar-refractivity contribution in [2.75, 3.05) is 0 Å². The highest BCUT2D eigenvalue weighted by atomic mass is 16.3. The lowest BCUT2D eigenvalue weighted by Crippen LogP contribution is -1.94. The molecule has 0 spiro atoms. The molecule has 0 aliphatic carbocycles. The molecule has 0 bridgehead atoms. The average Bonchev–Trinajstić information content (AvgIpc) is 3.85. The Morgan fingerprint density at radius 2 is 0.902 bits per heavy atom. The molecule has 0 aliphatic heterocycles. The van der Waals surface area contributed by atoms with Crippen molar-refractivity contribution in [1.82, 2.24) is 9.13 Å². The van der Waals surface area contributed by atoms with Gasteiger partial charge in [0.05, 0.1) is 22.1 Å². The molecule has 0 amide bonds. The van der Waals surface area contributed by atoms with E-state index in [0.29, 0.717) is 0 Å². The zero-order valence-corrected chi connectivity index (χ0v) is 27.6. The monoisotopic (exact) mass is 650 g/mol. The quantitative estimate of drug-likeness (QED) is 0.186. The van der Waals surface area contributed by atoms with Gasteiger partial charge in [0.15, 0.2) is 0 Å². The molecular weight excluding hydrogens is 621 g/mol. The van der Waals surface area contributed by atoms with Gasteiger partial charge in [-0.25, -0.2) is 0 Å². The number of furan rings is 1. The van der Waals surface area contributed by atoms with E-state index in [4.69, 9.17) is 4.42 Å². The molecule has 0 saturated carbocycles. The van der Waals surface area contributed by atoms with Crippen LogP contribution in [0.3, 0.4) is 0 Å². The van der Waals surface area contributed by atoms with E-state index in [1.54, 1.807) is 0 Å². The summed E-state index contributed by atoms with van der Waals surface area (Å²) in [7, 11) is 0. The number of hydrogen-bond donors (Lipinski definition) is 0. The Labute approximate surface area is 293 Å². The molecule has 3 aromatic heterocycles. The van der Waals surface area contributed by atoms with Gasteiger partial charge in [-0.2, -0.15) is 0 Å². The Hall–Kier alpha value is -6.84. The van der Waals surface area contributed by atoms with Gasteiger partial charge in [0.25, 0.3) is 0 Å². The highest BCUT2D eigenvalue weighted by Crippen LogP contribution is 2.41. The van der Waals surface area contributed by atoms with Crippen molar-refractivity contribution in [2.45, 2.75) is 0 Å². The largest absolute Gasteiger partial charge is 0.456 e. The van der Waals surface area contributed by atoms with Gasteiger partial charge in [0, 0.05) is 43.7 Å². The Kier molecular flexibility index (Phi) is 5.96. The lowest BCUT2D eigenvalue weighted by atomic mass is 9.98. The van der Waals surface area contributed by atoms with E-state index < -0.39 is 0 Å². The molecule has 0 aliphatic rings. The Morgan fingerprint density at radius 1 is 0.314 bits per heavy atom. The van der Waals surface area contributed by atoms with E-state index >= 15 is 0 Å². The molecule has 0 radical (unpaired) electrons. The van der Waals surface area contributed by atoms with Crippen LogP contribution >= 0.6 is 0 Å². The van der Waals surface area contributed by atoms with Gasteiger partial charge in [-0.1, -0.05) is 115 Å². The maximum atomic E-state index is 6.09. The predicted octanol–water partition coefficient (Wildman–Crippen LogP) is 13.1. The van der Waals surface area contributed by atoms with Gasteiger partial charge in [-0.3, -0.25) is 0 Å². The number of para-hydroxylation sites is 4. The molecule has 3 nitrogen and oxygen atoms in total. The molecule has 11 aromatic rings. The molecule has 0 N–H and O–H groups in total. The molecule has 0 atom stereocenters. The van der Waals surface area contributed by atoms with Gasteiger partial charge in [-0.05, 0) is 89.0 Å². The zero-order valence-electron chi connectivity index (χ0n) is 27.6. The molecule has 11 rings (SSSR count). The number of hydrogen-bond acceptors (Lipinski definition) is 1. The van der Waals surface area contributed by atoms with Crippen LogP contribution in [-0.2, 0) is 0 Å². The minimum absolute atomic E-state index is 0.915. The summed E-state index contributed by atoms with van der Waals surface area (Å²) in [5.41, 5.74) is 13.7. The molecule has 3 heterocycles. The van der Waals surface area contributed by atoms with Crippen molar-refractivity contribution in [3.05, 3.63) is 182 Å². The third-order valence-electron chi connectivity index (χ3n) is 10.5. The van der Waals surface area contributed by atoms with E-state index in [0.717, 1.165) is 33.3 Å². The second-order valence-corrected chi connectivity index (χ2v) is 13.3. The first-order chi connectivity index (χ1) is 25.3. The number of benzene rings is 8. The van der Waals surface area contributed by atoms with Crippen molar-refractivity contribution in [3.63, 3.8) is 0 Å². The molecular formula is C48H30N2O.